The number of benzene rings is 1. The predicted octanol–water partition coefficient (Wildman–Crippen LogP) is 1.35. The van der Waals surface area contributed by atoms with Crippen molar-refractivity contribution in [3.8, 4) is 0 Å². The van der Waals surface area contributed by atoms with Gasteiger partial charge in [0.1, 0.15) is 6.54 Å². The van der Waals surface area contributed by atoms with Crippen molar-refractivity contribution in [1.29, 1.82) is 0 Å². The summed E-state index contributed by atoms with van der Waals surface area (Å²) >= 11 is 0. The molecule has 3 aromatic rings. The number of hydrogen-bond donors (Lipinski definition) is 1. The van der Waals surface area contributed by atoms with Crippen LogP contribution in [0.25, 0.3) is 11.0 Å². The maximum absolute atomic E-state index is 12.4. The summed E-state index contributed by atoms with van der Waals surface area (Å²) in [7, 11) is 1.70. The Kier molecular flexibility index (Phi) is 4.34. The lowest BCUT2D eigenvalue weighted by Gasteiger charge is -2.08. The number of aryl methyl sites for hydroxylation is 1. The summed E-state index contributed by atoms with van der Waals surface area (Å²) in [4.78, 5) is 24.8. The van der Waals surface area contributed by atoms with Crippen LogP contribution in [0.1, 0.15) is 12.8 Å². The number of ether oxygens (including phenoxy) is 1. The number of nitrogens with zero attached hydrogens (tertiary/aromatic N) is 4. The third-order valence-electron chi connectivity index (χ3n) is 4.69. The van der Waals surface area contributed by atoms with Crippen LogP contribution in [-0.2, 0) is 29.7 Å². The Morgan fingerprint density at radius 1 is 1.35 bits per heavy atom. The molecule has 0 spiro atoms. The Balaban J connectivity index is 1.45. The number of nitrogens with one attached hydrogen (secondary N) is 1. The molecule has 0 radical (unpaired) electrons. The molecule has 3 heterocycles. The van der Waals surface area contributed by atoms with Crippen LogP contribution < -0.4 is 11.0 Å². The molecule has 1 atom stereocenters. The van der Waals surface area contributed by atoms with E-state index in [1.807, 2.05) is 24.3 Å². The van der Waals surface area contributed by atoms with E-state index >= 15 is 0 Å². The minimum atomic E-state index is -0.264. The smallest absolute Gasteiger partial charge is 0.329 e. The van der Waals surface area contributed by atoms with Crippen molar-refractivity contribution in [2.24, 2.45) is 7.05 Å². The maximum Gasteiger partial charge on any atom is 0.329 e. The fourth-order valence-electron chi connectivity index (χ4n) is 3.39. The van der Waals surface area contributed by atoms with E-state index in [9.17, 15) is 9.59 Å². The van der Waals surface area contributed by atoms with Crippen molar-refractivity contribution in [1.82, 2.24) is 18.9 Å². The van der Waals surface area contributed by atoms with E-state index < -0.39 is 0 Å². The van der Waals surface area contributed by atoms with Crippen molar-refractivity contribution in [3.05, 3.63) is 47.1 Å². The van der Waals surface area contributed by atoms with Crippen LogP contribution in [0.4, 0.5) is 5.69 Å². The van der Waals surface area contributed by atoms with Gasteiger partial charge in [0, 0.05) is 19.9 Å². The molecule has 26 heavy (non-hydrogen) atoms. The number of aromatic nitrogens is 4. The van der Waals surface area contributed by atoms with Gasteiger partial charge in [-0.15, -0.1) is 0 Å². The van der Waals surface area contributed by atoms with Gasteiger partial charge in [-0.3, -0.25) is 18.6 Å². The third-order valence-corrected chi connectivity index (χ3v) is 4.69. The summed E-state index contributed by atoms with van der Waals surface area (Å²) in [6.07, 6.45) is 5.69. The van der Waals surface area contributed by atoms with Gasteiger partial charge in [-0.1, -0.05) is 12.1 Å². The van der Waals surface area contributed by atoms with Crippen molar-refractivity contribution >= 4 is 22.6 Å². The lowest BCUT2D eigenvalue weighted by atomic mass is 10.2. The molecule has 1 unspecified atom stereocenters. The second-order valence-electron chi connectivity index (χ2n) is 6.55. The fourth-order valence-corrected chi connectivity index (χ4v) is 3.39. The zero-order chi connectivity index (χ0) is 18.1. The van der Waals surface area contributed by atoms with E-state index in [2.05, 4.69) is 10.4 Å². The molecule has 2 aromatic heterocycles. The van der Waals surface area contributed by atoms with Crippen LogP contribution in [0.2, 0.25) is 0 Å². The third kappa shape index (κ3) is 3.15. The molecule has 1 saturated heterocycles. The topological polar surface area (TPSA) is 83.1 Å². The SMILES string of the molecule is Cn1c(=O)n(CC(=O)Nc2cnn(CC3CCCO3)c2)c2ccccc21. The zero-order valence-electron chi connectivity index (χ0n) is 14.6. The van der Waals surface area contributed by atoms with Crippen molar-refractivity contribution in [2.45, 2.75) is 32.0 Å². The lowest BCUT2D eigenvalue weighted by molar-refractivity contribution is -0.116. The number of hydrogen-bond acceptors (Lipinski definition) is 4. The first-order chi connectivity index (χ1) is 12.6. The highest BCUT2D eigenvalue weighted by Gasteiger charge is 2.17. The highest BCUT2D eigenvalue weighted by molar-refractivity contribution is 5.91. The normalized spacial score (nSPS) is 17.0. The first-order valence-corrected chi connectivity index (χ1v) is 8.70. The van der Waals surface area contributed by atoms with Crippen LogP contribution in [0.3, 0.4) is 0 Å². The highest BCUT2D eigenvalue weighted by Crippen LogP contribution is 2.15. The Labute approximate surface area is 150 Å². The number of amides is 1. The maximum atomic E-state index is 12.4. The van der Waals surface area contributed by atoms with Crippen LogP contribution in [0, 0.1) is 0 Å². The number of anilines is 1. The van der Waals surface area contributed by atoms with Gasteiger partial charge in [0.15, 0.2) is 0 Å². The molecule has 8 heteroatoms. The minimum absolute atomic E-state index is 0.0445. The molecule has 0 aliphatic carbocycles. The molecule has 0 bridgehead atoms. The number of imidazole rings is 1. The van der Waals surface area contributed by atoms with E-state index in [4.69, 9.17) is 4.74 Å². The van der Waals surface area contributed by atoms with Gasteiger partial charge >= 0.3 is 5.69 Å². The fraction of sp³-hybridized carbons (Fsp3) is 0.389. The Morgan fingerprint density at radius 2 is 2.15 bits per heavy atom. The second-order valence-corrected chi connectivity index (χ2v) is 6.55. The summed E-state index contributed by atoms with van der Waals surface area (Å²) in [5.41, 5.74) is 1.94. The second kappa shape index (κ2) is 6.80. The average molecular weight is 355 g/mol. The van der Waals surface area contributed by atoms with Crippen LogP contribution in [0.5, 0.6) is 0 Å². The average Bonchev–Trinajstić information content (AvgIpc) is 3.35. The summed E-state index contributed by atoms with van der Waals surface area (Å²) in [6.45, 7) is 1.44. The number of rotatable bonds is 5. The summed E-state index contributed by atoms with van der Waals surface area (Å²) in [5, 5.41) is 7.07. The molecular formula is C18H21N5O3. The van der Waals surface area contributed by atoms with Gasteiger partial charge in [0.2, 0.25) is 5.91 Å². The molecule has 1 N–H and O–H groups in total. The molecule has 1 aliphatic rings. The molecule has 8 nitrogen and oxygen atoms in total. The molecule has 1 aromatic carbocycles. The van der Waals surface area contributed by atoms with Gasteiger partial charge in [0.05, 0.1) is 35.6 Å². The van der Waals surface area contributed by atoms with E-state index in [1.54, 1.807) is 28.7 Å². The molecule has 136 valence electrons. The number of para-hydroxylation sites is 2. The van der Waals surface area contributed by atoms with Gasteiger partial charge < -0.3 is 10.1 Å². The molecular weight excluding hydrogens is 334 g/mol. The standard InChI is InChI=1S/C18H21N5O3/c1-21-15-6-2-3-7-16(15)23(18(21)25)12-17(24)20-13-9-19-22(10-13)11-14-5-4-8-26-14/h2-3,6-7,9-10,14H,4-5,8,11-12H2,1H3,(H,20,24). The molecule has 1 fully saturated rings. The Morgan fingerprint density at radius 3 is 2.92 bits per heavy atom. The van der Waals surface area contributed by atoms with E-state index in [0.29, 0.717) is 12.2 Å². The molecule has 0 saturated carbocycles. The van der Waals surface area contributed by atoms with Crippen molar-refractivity contribution in [2.75, 3.05) is 11.9 Å². The van der Waals surface area contributed by atoms with Crippen molar-refractivity contribution in [3.63, 3.8) is 0 Å². The van der Waals surface area contributed by atoms with E-state index in [1.165, 1.54) is 4.57 Å². The first-order valence-electron chi connectivity index (χ1n) is 8.70. The van der Waals surface area contributed by atoms with Crippen LogP contribution in [0.15, 0.2) is 41.5 Å². The summed E-state index contributed by atoms with van der Waals surface area (Å²) in [6, 6.07) is 7.42. The lowest BCUT2D eigenvalue weighted by Crippen LogP contribution is -2.28. The minimum Gasteiger partial charge on any atom is -0.376 e. The summed E-state index contributed by atoms with van der Waals surface area (Å²) in [5.74, 6) is -0.264. The first kappa shape index (κ1) is 16.6. The van der Waals surface area contributed by atoms with E-state index in [0.717, 1.165) is 30.5 Å². The number of fused-ring (bicyclic) bond motifs is 1. The van der Waals surface area contributed by atoms with Crippen LogP contribution >= 0.6 is 0 Å². The van der Waals surface area contributed by atoms with Gasteiger partial charge in [-0.2, -0.15) is 5.10 Å². The quantitative estimate of drug-likeness (QED) is 0.749. The number of carbonyl (C=O) groups is 1. The summed E-state index contributed by atoms with van der Waals surface area (Å²) < 4.78 is 10.4. The van der Waals surface area contributed by atoms with Gasteiger partial charge in [0.25, 0.3) is 0 Å². The monoisotopic (exact) mass is 355 g/mol. The molecule has 4 rings (SSSR count). The predicted molar refractivity (Wildman–Crippen MR) is 97.0 cm³/mol. The van der Waals surface area contributed by atoms with Gasteiger partial charge in [-0.05, 0) is 25.0 Å². The molecule has 1 aliphatic heterocycles. The largest absolute Gasteiger partial charge is 0.376 e. The zero-order valence-corrected chi connectivity index (χ0v) is 14.6. The molecule has 1 amide bonds. The number of carbonyl (C=O) groups excluding carboxylic acids is 1. The van der Waals surface area contributed by atoms with Crippen molar-refractivity contribution < 1.29 is 9.53 Å². The van der Waals surface area contributed by atoms with E-state index in [-0.39, 0.29) is 24.2 Å². The highest BCUT2D eigenvalue weighted by atomic mass is 16.5. The van der Waals surface area contributed by atoms with Crippen LogP contribution in [-0.4, -0.2) is 37.5 Å². The Bertz CT molecular complexity index is 994. The van der Waals surface area contributed by atoms with Gasteiger partial charge in [-0.25, -0.2) is 4.79 Å². The Hall–Kier alpha value is -2.87.